The van der Waals surface area contributed by atoms with Crippen LogP contribution in [0.4, 0.5) is 0 Å². The molecule has 15 nitrogen and oxygen atoms in total. The molecule has 0 saturated heterocycles. The van der Waals surface area contributed by atoms with Gasteiger partial charge in [0.25, 0.3) is 5.08 Å². The molecular formula is C22H32N4O11P4. The Labute approximate surface area is 234 Å². The lowest BCUT2D eigenvalue weighted by molar-refractivity contribution is 0.134. The fourth-order valence-corrected chi connectivity index (χ4v) is 9.81. The summed E-state index contributed by atoms with van der Waals surface area (Å²) >= 11 is 0. The van der Waals surface area contributed by atoms with E-state index in [1.54, 1.807) is 24.3 Å². The van der Waals surface area contributed by atoms with E-state index in [0.29, 0.717) is 22.1 Å². The summed E-state index contributed by atoms with van der Waals surface area (Å²) in [6.45, 7) is 4.45. The number of imidazole rings is 2. The number of nitrogens with zero attached hydrogens (tertiary/aromatic N) is 4. The van der Waals surface area contributed by atoms with Crippen molar-refractivity contribution in [2.24, 2.45) is 0 Å². The normalized spacial score (nSPS) is 17.7. The van der Waals surface area contributed by atoms with Crippen LogP contribution in [-0.2, 0) is 31.3 Å². The molecule has 2 aromatic heterocycles. The Morgan fingerprint density at radius 2 is 1.22 bits per heavy atom. The molecular weight excluding hydrogens is 620 g/mol. The van der Waals surface area contributed by atoms with Crippen molar-refractivity contribution in [3.05, 3.63) is 60.2 Å². The quantitative estimate of drug-likeness (QED) is 0.136. The fraction of sp³-hybridized carbons (Fsp3) is 0.364. The molecule has 0 aliphatic carbocycles. The molecule has 2 heterocycles. The van der Waals surface area contributed by atoms with E-state index in [-0.39, 0.29) is 6.54 Å². The molecule has 226 valence electrons. The molecule has 4 atom stereocenters. The van der Waals surface area contributed by atoms with Crippen molar-refractivity contribution in [3.63, 3.8) is 0 Å². The van der Waals surface area contributed by atoms with Crippen LogP contribution in [0.15, 0.2) is 49.1 Å². The summed E-state index contributed by atoms with van der Waals surface area (Å²) < 4.78 is 49.1. The lowest BCUT2D eigenvalue weighted by Crippen LogP contribution is -2.33. The Balaban J connectivity index is 0.000000226. The molecule has 0 fully saturated rings. The topological polar surface area (TPSA) is 246 Å². The summed E-state index contributed by atoms with van der Waals surface area (Å²) in [5.74, 6) is 0. The predicted octanol–water partition coefficient (Wildman–Crippen LogP) is 2.82. The molecule has 7 N–H and O–H groups in total. The zero-order chi connectivity index (χ0) is 31.2. The van der Waals surface area contributed by atoms with Crippen LogP contribution in [0.25, 0.3) is 22.1 Å². The number of hydrogen-bond donors (Lipinski definition) is 7. The molecule has 19 heteroatoms. The fourth-order valence-electron chi connectivity index (χ4n) is 4.03. The zero-order valence-electron chi connectivity index (χ0n) is 22.5. The van der Waals surface area contributed by atoms with E-state index in [4.69, 9.17) is 0 Å². The highest BCUT2D eigenvalue weighted by Crippen LogP contribution is 2.68. The van der Waals surface area contributed by atoms with Crippen LogP contribution in [0.2, 0.25) is 0 Å². The lowest BCUT2D eigenvalue weighted by atomic mass is 10.2. The molecule has 2 aromatic carbocycles. The summed E-state index contributed by atoms with van der Waals surface area (Å²) in [5, 5.41) is 5.46. The first-order valence-electron chi connectivity index (χ1n) is 11.8. The maximum Gasteiger partial charge on any atom is 0.368 e. The van der Waals surface area contributed by atoms with E-state index in [0.717, 1.165) is 24.5 Å². The van der Waals surface area contributed by atoms with Gasteiger partial charge in [-0.1, -0.05) is 12.1 Å². The van der Waals surface area contributed by atoms with Crippen LogP contribution < -0.4 is 0 Å². The third-order valence-corrected chi connectivity index (χ3v) is 15.2. The summed E-state index contributed by atoms with van der Waals surface area (Å²) in [6, 6.07) is 10.6. The van der Waals surface area contributed by atoms with Gasteiger partial charge in [-0.15, -0.1) is 0 Å². The van der Waals surface area contributed by atoms with Crippen molar-refractivity contribution in [2.45, 2.75) is 37.4 Å². The monoisotopic (exact) mass is 652 g/mol. The second-order valence-electron chi connectivity index (χ2n) is 9.96. The van der Waals surface area contributed by atoms with Gasteiger partial charge >= 0.3 is 15.2 Å². The van der Waals surface area contributed by atoms with Crippen LogP contribution in [0.5, 0.6) is 0 Å². The third kappa shape index (κ3) is 7.51. The molecule has 4 aromatic rings. The highest BCUT2D eigenvalue weighted by Gasteiger charge is 2.57. The van der Waals surface area contributed by atoms with Gasteiger partial charge in [0, 0.05) is 19.9 Å². The number of hydrogen-bond acceptors (Lipinski definition) is 7. The van der Waals surface area contributed by atoms with Gasteiger partial charge in [0.15, 0.2) is 5.40 Å². The summed E-state index contributed by atoms with van der Waals surface area (Å²) in [6.07, 6.45) is 2.68. The van der Waals surface area contributed by atoms with E-state index in [2.05, 4.69) is 9.97 Å². The molecule has 0 bridgehead atoms. The van der Waals surface area contributed by atoms with Gasteiger partial charge in [0.1, 0.15) is 0 Å². The van der Waals surface area contributed by atoms with E-state index in [1.807, 2.05) is 26.0 Å². The maximum atomic E-state index is 11.8. The van der Waals surface area contributed by atoms with Crippen LogP contribution >= 0.6 is 29.9 Å². The first-order chi connectivity index (χ1) is 18.5. The number of benzene rings is 2. The van der Waals surface area contributed by atoms with Gasteiger partial charge in [-0.2, -0.15) is 0 Å². The summed E-state index contributed by atoms with van der Waals surface area (Å²) in [5.41, 5.74) is 4.37. The van der Waals surface area contributed by atoms with Gasteiger partial charge in [0.05, 0.1) is 41.3 Å². The number of aryl methyl sites for hydroxylation is 2. The van der Waals surface area contributed by atoms with Gasteiger partial charge in [0.2, 0.25) is 14.7 Å². The number of aliphatic hydroxyl groups is 1. The van der Waals surface area contributed by atoms with Gasteiger partial charge in [-0.25, -0.2) is 9.97 Å². The van der Waals surface area contributed by atoms with Gasteiger partial charge in [-0.3, -0.25) is 18.3 Å². The Morgan fingerprint density at radius 1 is 0.780 bits per heavy atom. The van der Waals surface area contributed by atoms with Crippen molar-refractivity contribution in [1.82, 2.24) is 19.1 Å². The highest BCUT2D eigenvalue weighted by molar-refractivity contribution is 7.74. The second-order valence-corrected chi connectivity index (χ2v) is 19.4. The van der Waals surface area contributed by atoms with Crippen LogP contribution in [0.1, 0.15) is 11.1 Å². The Kier molecular flexibility index (Phi) is 9.48. The van der Waals surface area contributed by atoms with Gasteiger partial charge in [-0.05, 0) is 49.2 Å². The van der Waals surface area contributed by atoms with Crippen molar-refractivity contribution in [3.8, 4) is 0 Å². The minimum atomic E-state index is -5.24. The van der Waals surface area contributed by atoms with Crippen molar-refractivity contribution in [2.75, 3.05) is 13.3 Å². The molecule has 0 aliphatic rings. The SMILES string of the molecule is Cc1ccc2c(c1)ncn2CC(O)(P(C)(=O)O)P(=O)(O)O.Cc1ccc2c(c1)ncn2CC(P(C)(=O)O)P(=O)(O)O. The zero-order valence-corrected chi connectivity index (χ0v) is 26.0. The predicted molar refractivity (Wildman–Crippen MR) is 153 cm³/mol. The Hall–Kier alpha value is -1.98. The van der Waals surface area contributed by atoms with E-state index in [1.165, 1.54) is 21.8 Å². The molecule has 4 unspecified atom stereocenters. The molecule has 0 radical (unpaired) electrons. The van der Waals surface area contributed by atoms with Gasteiger partial charge < -0.3 is 43.6 Å². The standard InChI is InChI=1S/C11H16N2O6P2.C11H16N2O5P2/c1-8-3-4-10-9(5-8)12-7-13(10)6-11(14,20(2,15)16)21(17,18)19;1-8-3-4-10-9(5-8)12-7-13(10)6-11(19(2,14)15)20(16,17)18/h3-5,7,14H,6H2,1-2H3,(H,15,16)(H2,17,18,19);3-5,7,11H,6H2,1-2H3,(H,14,15)(H2,16,17,18). The molecule has 41 heavy (non-hydrogen) atoms. The van der Waals surface area contributed by atoms with E-state index < -0.39 is 47.0 Å². The van der Waals surface area contributed by atoms with Crippen molar-refractivity contribution < 1.29 is 52.7 Å². The van der Waals surface area contributed by atoms with Crippen molar-refractivity contribution in [1.29, 1.82) is 0 Å². The van der Waals surface area contributed by atoms with Crippen molar-refractivity contribution >= 4 is 52.0 Å². The first-order valence-corrected chi connectivity index (χ1v) is 19.4. The second kappa shape index (κ2) is 11.6. The largest absolute Gasteiger partial charge is 0.368 e. The average molecular weight is 652 g/mol. The van der Waals surface area contributed by atoms with Crippen LogP contribution in [0, 0.1) is 13.8 Å². The Bertz CT molecular complexity index is 1720. The molecule has 0 aliphatic heterocycles. The smallest absolute Gasteiger partial charge is 0.368 e. The minimum absolute atomic E-state index is 0.256. The maximum absolute atomic E-state index is 11.8. The molecule has 0 saturated carbocycles. The lowest BCUT2D eigenvalue weighted by Gasteiger charge is -2.31. The number of aromatic nitrogens is 4. The summed E-state index contributed by atoms with van der Waals surface area (Å²) in [4.78, 5) is 64.4. The van der Waals surface area contributed by atoms with E-state index >= 15 is 0 Å². The third-order valence-electron chi connectivity index (χ3n) is 6.37. The molecule has 4 rings (SSSR count). The molecule has 0 amide bonds. The van der Waals surface area contributed by atoms with E-state index in [9.17, 15) is 52.7 Å². The number of fused-ring (bicyclic) bond motifs is 2. The highest BCUT2D eigenvalue weighted by atomic mass is 31.2. The summed E-state index contributed by atoms with van der Waals surface area (Å²) in [7, 11) is -18.4. The first kappa shape index (κ1) is 33.5. The Morgan fingerprint density at radius 3 is 1.61 bits per heavy atom. The van der Waals surface area contributed by atoms with Crippen LogP contribution in [-0.4, -0.2) is 77.4 Å². The minimum Gasteiger partial charge on any atom is -0.368 e. The molecule has 0 spiro atoms. The average Bonchev–Trinajstić information content (AvgIpc) is 3.37. The van der Waals surface area contributed by atoms with Crippen LogP contribution in [0.3, 0.4) is 0 Å². The number of rotatable bonds is 8.